The maximum atomic E-state index is 12.2. The van der Waals surface area contributed by atoms with Crippen LogP contribution in [0.25, 0.3) is 0 Å². The summed E-state index contributed by atoms with van der Waals surface area (Å²) >= 11 is 0. The molecule has 0 aliphatic heterocycles. The quantitative estimate of drug-likeness (QED) is 0.611. The van der Waals surface area contributed by atoms with Crippen molar-refractivity contribution in [3.8, 4) is 0 Å². The third kappa shape index (κ3) is 5.65. The number of amides is 1. The largest absolute Gasteiger partial charge is 0.480 e. The number of nitrogens with zero attached hydrogens (tertiary/aromatic N) is 2. The molecule has 1 heterocycles. The zero-order valence-electron chi connectivity index (χ0n) is 13.6. The number of aromatic nitrogens is 1. The molecular formula is C15H21N3O5. The zero-order chi connectivity index (χ0) is 17.8. The molecule has 1 aromatic rings. The highest BCUT2D eigenvalue weighted by Crippen LogP contribution is 2.22. The monoisotopic (exact) mass is 323 g/mol. The summed E-state index contributed by atoms with van der Waals surface area (Å²) < 4.78 is 0. The number of carbonyl (C=O) groups is 2. The third-order valence-corrected chi connectivity index (χ3v) is 3.31. The Labute approximate surface area is 134 Å². The van der Waals surface area contributed by atoms with Crippen LogP contribution in [0.2, 0.25) is 0 Å². The molecule has 1 unspecified atom stereocenters. The van der Waals surface area contributed by atoms with Crippen LogP contribution in [0, 0.1) is 22.5 Å². The van der Waals surface area contributed by atoms with E-state index in [0.29, 0.717) is 12.1 Å². The summed E-state index contributed by atoms with van der Waals surface area (Å²) in [4.78, 5) is 37.5. The second-order valence-corrected chi connectivity index (χ2v) is 6.55. The Hall–Kier alpha value is -2.51. The number of rotatable bonds is 6. The third-order valence-electron chi connectivity index (χ3n) is 3.31. The minimum Gasteiger partial charge on any atom is -0.480 e. The summed E-state index contributed by atoms with van der Waals surface area (Å²) in [5.41, 5.74) is -0.0851. The Bertz CT molecular complexity index is 622. The van der Waals surface area contributed by atoms with Crippen molar-refractivity contribution < 1.29 is 19.6 Å². The first-order chi connectivity index (χ1) is 10.5. The molecule has 0 saturated carbocycles. The molecule has 0 spiro atoms. The van der Waals surface area contributed by atoms with Crippen molar-refractivity contribution in [1.82, 2.24) is 10.3 Å². The molecule has 0 aliphatic rings. The van der Waals surface area contributed by atoms with Gasteiger partial charge in [-0.25, -0.2) is 4.79 Å². The molecule has 1 rings (SSSR count). The maximum Gasteiger partial charge on any atom is 0.326 e. The molecule has 0 radical (unpaired) electrons. The highest BCUT2D eigenvalue weighted by atomic mass is 16.6. The molecule has 8 heteroatoms. The number of nitrogens with one attached hydrogen (secondary N) is 1. The van der Waals surface area contributed by atoms with E-state index in [4.69, 9.17) is 0 Å². The van der Waals surface area contributed by atoms with Crippen LogP contribution in [0.1, 0.15) is 49.7 Å². The lowest BCUT2D eigenvalue weighted by Crippen LogP contribution is -2.41. The van der Waals surface area contributed by atoms with Crippen molar-refractivity contribution in [3.63, 3.8) is 0 Å². The fourth-order valence-corrected chi connectivity index (χ4v) is 1.92. The van der Waals surface area contributed by atoms with E-state index in [-0.39, 0.29) is 23.1 Å². The lowest BCUT2D eigenvalue weighted by atomic mass is 9.88. The van der Waals surface area contributed by atoms with Gasteiger partial charge in [-0.1, -0.05) is 20.8 Å². The molecule has 0 fully saturated rings. The van der Waals surface area contributed by atoms with Gasteiger partial charge in [0.05, 0.1) is 16.2 Å². The summed E-state index contributed by atoms with van der Waals surface area (Å²) in [6.45, 7) is 7.45. The second kappa shape index (κ2) is 7.17. The normalized spacial score (nSPS) is 12.5. The van der Waals surface area contributed by atoms with Crippen LogP contribution in [0.5, 0.6) is 0 Å². The standard InChI is InChI=1S/C15H21N3O5/c1-9-11(7-10(8-16-9)18(22)23)13(19)17-12(14(20)21)5-6-15(2,3)4/h7-8,12H,5-6H2,1-4H3,(H,17,19)(H,20,21). The Morgan fingerprint density at radius 2 is 2.04 bits per heavy atom. The summed E-state index contributed by atoms with van der Waals surface area (Å²) in [6.07, 6.45) is 1.93. The van der Waals surface area contributed by atoms with Crippen LogP contribution in [-0.2, 0) is 4.79 Å². The highest BCUT2D eigenvalue weighted by Gasteiger charge is 2.25. The summed E-state index contributed by atoms with van der Waals surface area (Å²) in [6, 6.07) is 0.0424. The molecule has 1 atom stereocenters. The van der Waals surface area contributed by atoms with Gasteiger partial charge in [-0.05, 0) is 25.2 Å². The van der Waals surface area contributed by atoms with Crippen LogP contribution < -0.4 is 5.32 Å². The van der Waals surface area contributed by atoms with Crippen molar-refractivity contribution in [3.05, 3.63) is 33.6 Å². The number of carboxylic acid groups (broad SMARTS) is 1. The zero-order valence-corrected chi connectivity index (χ0v) is 13.6. The minimum absolute atomic E-state index is 0.00112. The lowest BCUT2D eigenvalue weighted by molar-refractivity contribution is -0.385. The molecule has 1 amide bonds. The van der Waals surface area contributed by atoms with Gasteiger partial charge in [0.25, 0.3) is 11.6 Å². The predicted octanol–water partition coefficient (Wildman–Crippen LogP) is 2.31. The van der Waals surface area contributed by atoms with E-state index in [1.165, 1.54) is 6.92 Å². The van der Waals surface area contributed by atoms with Crippen molar-refractivity contribution in [2.75, 3.05) is 0 Å². The van der Waals surface area contributed by atoms with Crippen molar-refractivity contribution in [1.29, 1.82) is 0 Å². The molecule has 0 bridgehead atoms. The maximum absolute atomic E-state index is 12.2. The summed E-state index contributed by atoms with van der Waals surface area (Å²) in [5, 5.41) is 22.4. The van der Waals surface area contributed by atoms with Crippen LogP contribution in [0.15, 0.2) is 12.3 Å². The van der Waals surface area contributed by atoms with E-state index in [1.807, 2.05) is 20.8 Å². The molecule has 0 aromatic carbocycles. The topological polar surface area (TPSA) is 122 Å². The molecular weight excluding hydrogens is 302 g/mol. The van der Waals surface area contributed by atoms with Gasteiger partial charge < -0.3 is 10.4 Å². The Morgan fingerprint density at radius 1 is 1.43 bits per heavy atom. The van der Waals surface area contributed by atoms with Gasteiger partial charge in [0.1, 0.15) is 12.2 Å². The van der Waals surface area contributed by atoms with Gasteiger partial charge in [-0.2, -0.15) is 0 Å². The van der Waals surface area contributed by atoms with E-state index in [9.17, 15) is 24.8 Å². The van der Waals surface area contributed by atoms with Crippen LogP contribution in [0.3, 0.4) is 0 Å². The van der Waals surface area contributed by atoms with Crippen molar-refractivity contribution >= 4 is 17.6 Å². The molecule has 0 saturated heterocycles. The molecule has 23 heavy (non-hydrogen) atoms. The fourth-order valence-electron chi connectivity index (χ4n) is 1.92. The Morgan fingerprint density at radius 3 is 2.52 bits per heavy atom. The molecule has 1 aromatic heterocycles. The number of carbonyl (C=O) groups excluding carboxylic acids is 1. The average molecular weight is 323 g/mol. The van der Waals surface area contributed by atoms with E-state index in [2.05, 4.69) is 10.3 Å². The second-order valence-electron chi connectivity index (χ2n) is 6.55. The number of pyridine rings is 1. The summed E-state index contributed by atoms with van der Waals surface area (Å²) in [7, 11) is 0. The average Bonchev–Trinajstić information content (AvgIpc) is 2.41. The molecule has 8 nitrogen and oxygen atoms in total. The van der Waals surface area contributed by atoms with Crippen LogP contribution >= 0.6 is 0 Å². The first kappa shape index (κ1) is 18.5. The number of carboxylic acids is 1. The van der Waals surface area contributed by atoms with E-state index in [1.54, 1.807) is 0 Å². The SMILES string of the molecule is Cc1ncc([N+](=O)[O-])cc1C(=O)NC(CCC(C)(C)C)C(=O)O. The number of aliphatic carboxylic acids is 1. The van der Waals surface area contributed by atoms with Crippen molar-refractivity contribution in [2.24, 2.45) is 5.41 Å². The first-order valence-corrected chi connectivity index (χ1v) is 7.16. The number of nitro groups is 1. The smallest absolute Gasteiger partial charge is 0.326 e. The van der Waals surface area contributed by atoms with Crippen LogP contribution in [-0.4, -0.2) is 32.9 Å². The minimum atomic E-state index is -1.14. The van der Waals surface area contributed by atoms with Gasteiger partial charge in [0, 0.05) is 6.07 Å². The first-order valence-electron chi connectivity index (χ1n) is 7.16. The highest BCUT2D eigenvalue weighted by molar-refractivity contribution is 5.97. The van der Waals surface area contributed by atoms with Gasteiger partial charge in [0.2, 0.25) is 0 Å². The molecule has 0 aliphatic carbocycles. The Balaban J connectivity index is 2.93. The lowest BCUT2D eigenvalue weighted by Gasteiger charge is -2.21. The summed E-state index contributed by atoms with van der Waals surface area (Å²) in [5.74, 6) is -1.82. The van der Waals surface area contributed by atoms with E-state index >= 15 is 0 Å². The van der Waals surface area contributed by atoms with Crippen molar-refractivity contribution in [2.45, 2.75) is 46.6 Å². The number of hydrogen-bond acceptors (Lipinski definition) is 5. The molecule has 2 N–H and O–H groups in total. The van der Waals surface area contributed by atoms with E-state index in [0.717, 1.165) is 12.3 Å². The van der Waals surface area contributed by atoms with Gasteiger partial charge in [-0.15, -0.1) is 0 Å². The van der Waals surface area contributed by atoms with Gasteiger partial charge in [0.15, 0.2) is 0 Å². The Kier molecular flexibility index (Phi) is 5.78. The van der Waals surface area contributed by atoms with Gasteiger partial charge in [-0.3, -0.25) is 19.9 Å². The fraction of sp³-hybridized carbons (Fsp3) is 0.533. The molecule has 126 valence electrons. The number of hydrogen-bond donors (Lipinski definition) is 2. The number of aryl methyl sites for hydroxylation is 1. The van der Waals surface area contributed by atoms with Crippen LogP contribution in [0.4, 0.5) is 5.69 Å². The van der Waals surface area contributed by atoms with Gasteiger partial charge >= 0.3 is 5.97 Å². The predicted molar refractivity (Wildman–Crippen MR) is 83.2 cm³/mol. The van der Waals surface area contributed by atoms with E-state index < -0.39 is 22.8 Å².